The van der Waals surface area contributed by atoms with E-state index in [4.69, 9.17) is 9.47 Å². The fourth-order valence-electron chi connectivity index (χ4n) is 2.19. The first kappa shape index (κ1) is 10.9. The zero-order valence-electron chi connectivity index (χ0n) is 9.20. The highest BCUT2D eigenvalue weighted by Gasteiger charge is 2.28. The van der Waals surface area contributed by atoms with Crippen molar-refractivity contribution in [1.82, 2.24) is 5.32 Å². The lowest BCUT2D eigenvalue weighted by Crippen LogP contribution is -2.45. The highest BCUT2D eigenvalue weighted by molar-refractivity contribution is 5.81. The van der Waals surface area contributed by atoms with Gasteiger partial charge in [0, 0.05) is 13.2 Å². The molecule has 0 unspecified atom stereocenters. The van der Waals surface area contributed by atoms with Crippen LogP contribution < -0.4 is 5.32 Å². The van der Waals surface area contributed by atoms with Gasteiger partial charge in [0.05, 0.1) is 12.1 Å². The smallest absolute Gasteiger partial charge is 0.249 e. The molecule has 1 N–H and O–H groups in total. The molecule has 86 valence electrons. The van der Waals surface area contributed by atoms with Crippen molar-refractivity contribution >= 4 is 5.91 Å². The van der Waals surface area contributed by atoms with E-state index in [0.717, 1.165) is 32.3 Å². The van der Waals surface area contributed by atoms with Gasteiger partial charge in [-0.1, -0.05) is 0 Å². The number of carbonyl (C=O) groups is 1. The molecule has 2 saturated heterocycles. The summed E-state index contributed by atoms with van der Waals surface area (Å²) in [4.78, 5) is 11.7. The second kappa shape index (κ2) is 4.94. The van der Waals surface area contributed by atoms with Crippen molar-refractivity contribution in [2.24, 2.45) is 0 Å². The molecule has 0 radical (unpaired) electrons. The molecule has 0 spiro atoms. The molecule has 4 nitrogen and oxygen atoms in total. The van der Waals surface area contributed by atoms with Gasteiger partial charge in [-0.25, -0.2) is 0 Å². The fraction of sp³-hybridized carbons (Fsp3) is 0.909. The maximum atomic E-state index is 11.7. The zero-order valence-corrected chi connectivity index (χ0v) is 9.20. The van der Waals surface area contributed by atoms with Crippen molar-refractivity contribution in [1.29, 1.82) is 0 Å². The summed E-state index contributed by atoms with van der Waals surface area (Å²) in [7, 11) is 0. The van der Waals surface area contributed by atoms with E-state index in [1.54, 1.807) is 0 Å². The van der Waals surface area contributed by atoms with Crippen LogP contribution in [0.4, 0.5) is 0 Å². The molecule has 2 rings (SSSR count). The molecule has 2 aliphatic rings. The predicted molar refractivity (Wildman–Crippen MR) is 55.6 cm³/mol. The Kier molecular flexibility index (Phi) is 3.59. The van der Waals surface area contributed by atoms with Gasteiger partial charge in [0.15, 0.2) is 0 Å². The molecular formula is C11H19NO3. The number of ether oxygens (including phenoxy) is 2. The lowest BCUT2D eigenvalue weighted by molar-refractivity contribution is -0.131. The molecule has 0 saturated carbocycles. The van der Waals surface area contributed by atoms with Crippen molar-refractivity contribution in [2.75, 3.05) is 13.2 Å². The Morgan fingerprint density at radius 3 is 2.60 bits per heavy atom. The van der Waals surface area contributed by atoms with E-state index < -0.39 is 0 Å². The molecular weight excluding hydrogens is 194 g/mol. The van der Waals surface area contributed by atoms with Gasteiger partial charge >= 0.3 is 0 Å². The Bertz CT molecular complexity index is 220. The minimum Gasteiger partial charge on any atom is -0.376 e. The molecule has 2 fully saturated rings. The summed E-state index contributed by atoms with van der Waals surface area (Å²) in [5, 5.41) is 2.97. The predicted octanol–water partition coefficient (Wildman–Crippen LogP) is 0.849. The third-order valence-electron chi connectivity index (χ3n) is 3.11. The topological polar surface area (TPSA) is 47.6 Å². The Morgan fingerprint density at radius 1 is 1.27 bits per heavy atom. The number of hydrogen-bond acceptors (Lipinski definition) is 3. The fourth-order valence-corrected chi connectivity index (χ4v) is 2.19. The van der Waals surface area contributed by atoms with Crippen LogP contribution in [0.1, 0.15) is 32.6 Å². The van der Waals surface area contributed by atoms with Crippen LogP contribution >= 0.6 is 0 Å². The van der Waals surface area contributed by atoms with E-state index in [1.165, 1.54) is 0 Å². The molecule has 0 aromatic rings. The molecule has 2 heterocycles. The third-order valence-corrected chi connectivity index (χ3v) is 3.11. The van der Waals surface area contributed by atoms with Crippen molar-refractivity contribution in [3.63, 3.8) is 0 Å². The lowest BCUT2D eigenvalue weighted by Gasteiger charge is -2.21. The average molecular weight is 213 g/mol. The summed E-state index contributed by atoms with van der Waals surface area (Å²) in [6, 6.07) is 0.101. The van der Waals surface area contributed by atoms with Crippen molar-refractivity contribution < 1.29 is 14.3 Å². The van der Waals surface area contributed by atoms with Crippen LogP contribution in [-0.4, -0.2) is 37.4 Å². The maximum Gasteiger partial charge on any atom is 0.249 e. The zero-order chi connectivity index (χ0) is 10.7. The van der Waals surface area contributed by atoms with Gasteiger partial charge in [-0.3, -0.25) is 4.79 Å². The second-order valence-corrected chi connectivity index (χ2v) is 4.35. The SMILES string of the molecule is C[C@H](NC(=O)[C@H]1CCCO1)[C@H]1CCCO1. The van der Waals surface area contributed by atoms with E-state index >= 15 is 0 Å². The van der Waals surface area contributed by atoms with Crippen molar-refractivity contribution in [3.05, 3.63) is 0 Å². The Labute approximate surface area is 90.3 Å². The molecule has 0 aromatic carbocycles. The molecule has 0 aromatic heterocycles. The Morgan fingerprint density at radius 2 is 2.00 bits per heavy atom. The summed E-state index contributed by atoms with van der Waals surface area (Å²) in [6.45, 7) is 3.54. The average Bonchev–Trinajstić information content (AvgIpc) is 2.91. The summed E-state index contributed by atoms with van der Waals surface area (Å²) in [5.41, 5.74) is 0. The van der Waals surface area contributed by atoms with Crippen molar-refractivity contribution in [2.45, 2.75) is 50.9 Å². The van der Waals surface area contributed by atoms with Gasteiger partial charge in [0.25, 0.3) is 0 Å². The summed E-state index contributed by atoms with van der Waals surface area (Å²) in [6.07, 6.45) is 3.96. The molecule has 4 heteroatoms. The number of rotatable bonds is 3. The normalized spacial score (nSPS) is 32.9. The van der Waals surface area contributed by atoms with Crippen LogP contribution in [0.3, 0.4) is 0 Å². The molecule has 15 heavy (non-hydrogen) atoms. The molecule has 0 aliphatic carbocycles. The van der Waals surface area contributed by atoms with E-state index in [1.807, 2.05) is 6.92 Å². The van der Waals surface area contributed by atoms with Crippen LogP contribution in [0, 0.1) is 0 Å². The van der Waals surface area contributed by atoms with Gasteiger partial charge in [-0.2, -0.15) is 0 Å². The van der Waals surface area contributed by atoms with Crippen LogP contribution in [0.25, 0.3) is 0 Å². The highest BCUT2D eigenvalue weighted by atomic mass is 16.5. The summed E-state index contributed by atoms with van der Waals surface area (Å²) >= 11 is 0. The quantitative estimate of drug-likeness (QED) is 0.756. The van der Waals surface area contributed by atoms with E-state index in [2.05, 4.69) is 5.32 Å². The summed E-state index contributed by atoms with van der Waals surface area (Å²) < 4.78 is 10.8. The Hall–Kier alpha value is -0.610. The third kappa shape index (κ3) is 2.69. The van der Waals surface area contributed by atoms with Gasteiger partial charge < -0.3 is 14.8 Å². The maximum absolute atomic E-state index is 11.7. The van der Waals surface area contributed by atoms with Crippen LogP contribution in [0.5, 0.6) is 0 Å². The Balaban J connectivity index is 1.77. The largest absolute Gasteiger partial charge is 0.376 e. The van der Waals surface area contributed by atoms with Gasteiger partial charge in [0.1, 0.15) is 6.10 Å². The molecule has 1 amide bonds. The van der Waals surface area contributed by atoms with E-state index in [9.17, 15) is 4.79 Å². The molecule has 3 atom stereocenters. The standard InChI is InChI=1S/C11H19NO3/c1-8(9-4-2-6-14-9)12-11(13)10-5-3-7-15-10/h8-10H,2-7H2,1H3,(H,12,13)/t8-,9+,10+/m0/s1. The first-order chi connectivity index (χ1) is 7.27. The van der Waals surface area contributed by atoms with E-state index in [-0.39, 0.29) is 24.2 Å². The van der Waals surface area contributed by atoms with Gasteiger partial charge in [-0.05, 0) is 32.6 Å². The van der Waals surface area contributed by atoms with Crippen LogP contribution in [-0.2, 0) is 14.3 Å². The second-order valence-electron chi connectivity index (χ2n) is 4.35. The van der Waals surface area contributed by atoms with Crippen molar-refractivity contribution in [3.8, 4) is 0 Å². The first-order valence-corrected chi connectivity index (χ1v) is 5.81. The molecule has 2 aliphatic heterocycles. The number of nitrogens with one attached hydrogen (secondary N) is 1. The van der Waals surface area contributed by atoms with Gasteiger partial charge in [0.2, 0.25) is 5.91 Å². The number of hydrogen-bond donors (Lipinski definition) is 1. The first-order valence-electron chi connectivity index (χ1n) is 5.81. The summed E-state index contributed by atoms with van der Waals surface area (Å²) in [5.74, 6) is 0.0236. The minimum absolute atomic E-state index is 0.0236. The van der Waals surface area contributed by atoms with E-state index in [0.29, 0.717) is 6.61 Å². The van der Waals surface area contributed by atoms with Crippen LogP contribution in [0.2, 0.25) is 0 Å². The number of carbonyl (C=O) groups excluding carboxylic acids is 1. The lowest BCUT2D eigenvalue weighted by atomic mass is 10.1. The monoisotopic (exact) mass is 213 g/mol. The number of amides is 1. The van der Waals surface area contributed by atoms with Crippen LogP contribution in [0.15, 0.2) is 0 Å². The molecule has 0 bridgehead atoms. The highest BCUT2D eigenvalue weighted by Crippen LogP contribution is 2.17. The minimum atomic E-state index is -0.228. The van der Waals surface area contributed by atoms with Gasteiger partial charge in [-0.15, -0.1) is 0 Å².